The first-order chi connectivity index (χ1) is 22.9. The van der Waals surface area contributed by atoms with E-state index in [0.717, 1.165) is 25.7 Å². The molecule has 15 heteroatoms. The average molecular weight is 730 g/mol. The number of pyridine rings is 1. The van der Waals surface area contributed by atoms with Crippen molar-refractivity contribution in [2.75, 3.05) is 44.3 Å². The second-order valence-corrected chi connectivity index (χ2v) is 14.9. The third kappa shape index (κ3) is 10.6. The van der Waals surface area contributed by atoms with Gasteiger partial charge in [0.2, 0.25) is 10.0 Å². The van der Waals surface area contributed by atoms with Gasteiger partial charge in [0.05, 0.1) is 30.2 Å². The predicted molar refractivity (Wildman–Crippen MR) is 177 cm³/mol. The van der Waals surface area contributed by atoms with Crippen LogP contribution in [-0.2, 0) is 21.2 Å². The molecule has 2 fully saturated rings. The Morgan fingerprint density at radius 2 is 1.60 bits per heavy atom. The van der Waals surface area contributed by atoms with Crippen LogP contribution in [0.15, 0.2) is 48.8 Å². The molecule has 0 spiro atoms. The molecule has 2 N–H and O–H groups in total. The molecular formula is C33H38Cl2F2N3O7S+. The number of halogens is 4. The molecule has 3 aromatic rings. The van der Waals surface area contributed by atoms with Gasteiger partial charge in [-0.25, -0.2) is 18.2 Å². The fourth-order valence-electron chi connectivity index (χ4n) is 4.67. The number of carbonyl (C=O) groups excluding carboxylic acids is 1. The molecule has 1 heterocycles. The maximum atomic E-state index is 13.7. The molecule has 10 nitrogen and oxygen atoms in total. The molecule has 0 aliphatic heterocycles. The molecule has 0 bridgehead atoms. The van der Waals surface area contributed by atoms with E-state index in [1.54, 1.807) is 19.0 Å². The molecule has 0 radical (unpaired) electrons. The lowest BCUT2D eigenvalue weighted by Crippen LogP contribution is -2.26. The van der Waals surface area contributed by atoms with E-state index >= 15 is 0 Å². The summed E-state index contributed by atoms with van der Waals surface area (Å²) < 4.78 is 77.1. The monoisotopic (exact) mass is 728 g/mol. The number of H-pyrrole nitrogens is 1. The van der Waals surface area contributed by atoms with Gasteiger partial charge < -0.3 is 23.8 Å². The first-order valence-corrected chi connectivity index (χ1v) is 18.0. The minimum absolute atomic E-state index is 0.0317. The summed E-state index contributed by atoms with van der Waals surface area (Å²) in [5.74, 6) is -0.0713. The molecule has 1 atom stereocenters. The van der Waals surface area contributed by atoms with Gasteiger partial charge in [0, 0.05) is 18.5 Å². The highest BCUT2D eigenvalue weighted by molar-refractivity contribution is 7.92. The van der Waals surface area contributed by atoms with Crippen molar-refractivity contribution in [1.82, 2.24) is 4.90 Å². The number of aromatic amines is 1. The van der Waals surface area contributed by atoms with Crippen LogP contribution in [-0.4, -0.2) is 65.5 Å². The number of sulfonamides is 1. The van der Waals surface area contributed by atoms with E-state index in [0.29, 0.717) is 52.8 Å². The zero-order valence-electron chi connectivity index (χ0n) is 26.5. The van der Waals surface area contributed by atoms with Crippen LogP contribution in [0.3, 0.4) is 0 Å². The van der Waals surface area contributed by atoms with Crippen LogP contribution in [0.5, 0.6) is 17.2 Å². The first kappa shape index (κ1) is 35.9. The Labute approximate surface area is 288 Å². The van der Waals surface area contributed by atoms with Gasteiger partial charge in [0.25, 0.3) is 0 Å². The van der Waals surface area contributed by atoms with Crippen LogP contribution in [0.2, 0.25) is 10.0 Å². The van der Waals surface area contributed by atoms with E-state index in [9.17, 15) is 22.0 Å². The number of ether oxygens (including phenoxy) is 4. The highest BCUT2D eigenvalue weighted by Gasteiger charge is 2.28. The molecule has 2 aliphatic carbocycles. The van der Waals surface area contributed by atoms with Crippen molar-refractivity contribution >= 4 is 44.9 Å². The van der Waals surface area contributed by atoms with Crippen molar-refractivity contribution in [3.8, 4) is 17.2 Å². The number of carbonyl (C=O) groups is 1. The van der Waals surface area contributed by atoms with Crippen molar-refractivity contribution in [1.29, 1.82) is 0 Å². The smallest absolute Gasteiger partial charge is 0.387 e. The highest BCUT2D eigenvalue weighted by Crippen LogP contribution is 2.39. The largest absolute Gasteiger partial charge is 0.491 e. The number of anilines is 1. The van der Waals surface area contributed by atoms with Crippen LogP contribution < -0.4 is 23.9 Å². The number of alkyl halides is 2. The molecule has 48 heavy (non-hydrogen) atoms. The number of hydrogen-bond acceptors (Lipinski definition) is 8. The van der Waals surface area contributed by atoms with Gasteiger partial charge in [0.1, 0.15) is 21.9 Å². The molecule has 2 aliphatic rings. The maximum absolute atomic E-state index is 13.7. The van der Waals surface area contributed by atoms with Crippen molar-refractivity contribution in [3.63, 3.8) is 0 Å². The second kappa shape index (κ2) is 15.9. The lowest BCUT2D eigenvalue weighted by Gasteiger charge is -2.22. The molecule has 2 saturated carbocycles. The Bertz CT molecular complexity index is 1690. The number of nitrogens with zero attached hydrogens (tertiary/aromatic N) is 1. The van der Waals surface area contributed by atoms with Gasteiger partial charge in [-0.15, -0.1) is 0 Å². The normalized spacial score (nSPS) is 15.3. The number of benzene rings is 2. The molecule has 0 amide bonds. The number of hydrogen-bond donors (Lipinski definition) is 1. The van der Waals surface area contributed by atoms with Crippen LogP contribution in [0.1, 0.15) is 53.3 Å². The van der Waals surface area contributed by atoms with E-state index in [1.165, 1.54) is 48.8 Å². The van der Waals surface area contributed by atoms with Crippen LogP contribution >= 0.6 is 23.2 Å². The number of esters is 1. The first-order valence-electron chi connectivity index (χ1n) is 15.6. The lowest BCUT2D eigenvalue weighted by molar-refractivity contribution is -0.377. The van der Waals surface area contributed by atoms with E-state index in [4.69, 9.17) is 42.1 Å². The summed E-state index contributed by atoms with van der Waals surface area (Å²) in [6, 6.07) is 8.69. The average Bonchev–Trinajstić information content (AvgIpc) is 3.96. The molecule has 5 rings (SSSR count). The van der Waals surface area contributed by atoms with E-state index in [2.05, 4.69) is 9.71 Å². The van der Waals surface area contributed by atoms with Gasteiger partial charge in [-0.05, 0) is 87.5 Å². The topological polar surface area (TPSA) is 118 Å². The third-order valence-electron chi connectivity index (χ3n) is 7.82. The maximum Gasteiger partial charge on any atom is 0.387 e. The van der Waals surface area contributed by atoms with Gasteiger partial charge >= 0.3 is 12.6 Å². The quantitative estimate of drug-likeness (QED) is 0.149. The predicted octanol–water partition coefficient (Wildman–Crippen LogP) is 6.43. The van der Waals surface area contributed by atoms with E-state index < -0.39 is 28.7 Å². The van der Waals surface area contributed by atoms with Crippen molar-refractivity contribution in [2.45, 2.75) is 44.8 Å². The SMILES string of the molecule is CN(C)CCS(=O)(=O)Nc1ccc(C(=O)O[C@@H](Cc2c(Cl)c[nH+]cc2Cl)c2ccc(OC(F)F)c(OCC3CC3)c2)cc1OCC1CC1. The van der Waals surface area contributed by atoms with E-state index in [1.807, 2.05) is 0 Å². The van der Waals surface area contributed by atoms with Gasteiger partial charge in [-0.2, -0.15) is 8.78 Å². The molecule has 0 unspecified atom stereocenters. The minimum atomic E-state index is -3.71. The van der Waals surface area contributed by atoms with Gasteiger partial charge in [-0.1, -0.05) is 29.3 Å². The number of aromatic nitrogens is 1. The van der Waals surface area contributed by atoms with Crippen LogP contribution in [0.25, 0.3) is 0 Å². The Morgan fingerprint density at radius 1 is 0.958 bits per heavy atom. The summed E-state index contributed by atoms with van der Waals surface area (Å²) in [5, 5.41) is 0.598. The molecular weight excluding hydrogens is 691 g/mol. The Hall–Kier alpha value is -3.39. The Balaban J connectivity index is 1.44. The second-order valence-electron chi connectivity index (χ2n) is 12.3. The number of nitrogens with one attached hydrogen (secondary N) is 2. The molecule has 1 aromatic heterocycles. The summed E-state index contributed by atoms with van der Waals surface area (Å²) >= 11 is 12.9. The highest BCUT2D eigenvalue weighted by atomic mass is 35.5. The standard InChI is InChI=1S/C33H37Cl2F2N3O7S/c1-40(2)11-12-48(42,43)39-27-9-7-23(14-30(27)44-18-20-3-4-20)32(41)46-29(15-24-25(34)16-38-17-26(24)35)22-8-10-28(47-33(36)37)31(13-22)45-19-21-5-6-21/h7-10,13-14,16-17,20-21,29,33,39H,3-6,11-12,15,18-19H2,1-2H3/p+1/t29-/m0/s1. The van der Waals surface area contributed by atoms with Crippen molar-refractivity contribution in [2.24, 2.45) is 11.8 Å². The summed E-state index contributed by atoms with van der Waals surface area (Å²) in [4.78, 5) is 18.3. The van der Waals surface area contributed by atoms with Crippen molar-refractivity contribution < 1.29 is 45.9 Å². The summed E-state index contributed by atoms with van der Waals surface area (Å²) in [6.45, 7) is -2.06. The molecule has 0 saturated heterocycles. The summed E-state index contributed by atoms with van der Waals surface area (Å²) in [6.07, 6.45) is 6.07. The summed E-state index contributed by atoms with van der Waals surface area (Å²) in [7, 11) is -0.158. The van der Waals surface area contributed by atoms with Gasteiger partial charge in [0.15, 0.2) is 23.9 Å². The van der Waals surface area contributed by atoms with Crippen LogP contribution in [0, 0.1) is 11.8 Å². The van der Waals surface area contributed by atoms with Crippen molar-refractivity contribution in [3.05, 3.63) is 75.5 Å². The minimum Gasteiger partial charge on any atom is -0.491 e. The van der Waals surface area contributed by atoms with Crippen LogP contribution in [0.4, 0.5) is 14.5 Å². The van der Waals surface area contributed by atoms with Gasteiger partial charge in [-0.3, -0.25) is 4.72 Å². The zero-order chi connectivity index (χ0) is 34.4. The lowest BCUT2D eigenvalue weighted by atomic mass is 10.0. The Kier molecular flexibility index (Phi) is 11.9. The summed E-state index contributed by atoms with van der Waals surface area (Å²) in [5.41, 5.74) is 1.21. The number of rotatable bonds is 18. The fraction of sp³-hybridized carbons (Fsp3) is 0.455. The van der Waals surface area contributed by atoms with E-state index in [-0.39, 0.29) is 40.7 Å². The Morgan fingerprint density at radius 3 is 2.21 bits per heavy atom. The molecule has 2 aromatic carbocycles. The fourth-order valence-corrected chi connectivity index (χ4v) is 6.41. The zero-order valence-corrected chi connectivity index (χ0v) is 28.8. The third-order valence-corrected chi connectivity index (χ3v) is 9.75. The molecule has 260 valence electrons.